The Balaban J connectivity index is 2.23. The summed E-state index contributed by atoms with van der Waals surface area (Å²) in [5, 5.41) is 10.4. The first-order valence-electron chi connectivity index (χ1n) is 6.84. The van der Waals surface area contributed by atoms with E-state index in [1.54, 1.807) is 0 Å². The van der Waals surface area contributed by atoms with E-state index in [0.717, 1.165) is 27.7 Å². The number of pyridine rings is 1. The molecule has 2 nitrogen and oxygen atoms in total. The lowest BCUT2D eigenvalue weighted by molar-refractivity contribution is 0.300. The van der Waals surface area contributed by atoms with Crippen LogP contribution in [0.4, 0.5) is 0 Å². The Hall–Kier alpha value is -2.19. The van der Waals surface area contributed by atoms with Gasteiger partial charge in [-0.3, -0.25) is 0 Å². The van der Waals surface area contributed by atoms with Gasteiger partial charge in [0.05, 0.1) is 11.2 Å². The molecule has 3 aromatic rings. The van der Waals surface area contributed by atoms with E-state index >= 15 is 0 Å². The Morgan fingerprint density at radius 2 is 1.80 bits per heavy atom. The highest BCUT2D eigenvalue weighted by Crippen LogP contribution is 2.25. The molecular weight excluding hydrogens is 246 g/mol. The van der Waals surface area contributed by atoms with E-state index in [0.29, 0.717) is 6.42 Å². The van der Waals surface area contributed by atoms with Gasteiger partial charge in [-0.2, -0.15) is 0 Å². The molecule has 0 spiro atoms. The SMILES string of the molecule is Cc1ccc2nc(-c3ccccc3)cc(CCO)c2c1. The van der Waals surface area contributed by atoms with Gasteiger partial charge in [0, 0.05) is 17.6 Å². The van der Waals surface area contributed by atoms with Crippen LogP contribution in [0.25, 0.3) is 22.2 Å². The fourth-order valence-electron chi connectivity index (χ4n) is 2.49. The van der Waals surface area contributed by atoms with Crippen molar-refractivity contribution in [1.82, 2.24) is 4.98 Å². The van der Waals surface area contributed by atoms with E-state index in [1.807, 2.05) is 18.2 Å². The van der Waals surface area contributed by atoms with Crippen LogP contribution in [0.15, 0.2) is 54.6 Å². The Labute approximate surface area is 118 Å². The fraction of sp³-hybridized carbons (Fsp3) is 0.167. The van der Waals surface area contributed by atoms with Crippen LogP contribution in [0.2, 0.25) is 0 Å². The quantitative estimate of drug-likeness (QED) is 0.780. The third-order valence-electron chi connectivity index (χ3n) is 3.50. The molecule has 1 heterocycles. The fourth-order valence-corrected chi connectivity index (χ4v) is 2.49. The van der Waals surface area contributed by atoms with E-state index < -0.39 is 0 Å². The van der Waals surface area contributed by atoms with Crippen LogP contribution in [0.3, 0.4) is 0 Å². The molecule has 20 heavy (non-hydrogen) atoms. The molecule has 3 rings (SSSR count). The first-order valence-corrected chi connectivity index (χ1v) is 6.84. The van der Waals surface area contributed by atoms with Crippen molar-refractivity contribution >= 4 is 10.9 Å². The lowest BCUT2D eigenvalue weighted by atomic mass is 10.0. The highest BCUT2D eigenvalue weighted by molar-refractivity contribution is 5.85. The topological polar surface area (TPSA) is 33.1 Å². The van der Waals surface area contributed by atoms with Gasteiger partial charge >= 0.3 is 0 Å². The highest BCUT2D eigenvalue weighted by Gasteiger charge is 2.07. The summed E-state index contributed by atoms with van der Waals surface area (Å²) >= 11 is 0. The lowest BCUT2D eigenvalue weighted by Gasteiger charge is -2.10. The molecule has 0 saturated carbocycles. The molecular formula is C18H17NO. The zero-order valence-corrected chi connectivity index (χ0v) is 11.5. The van der Waals surface area contributed by atoms with E-state index in [1.165, 1.54) is 5.56 Å². The summed E-state index contributed by atoms with van der Waals surface area (Å²) in [7, 11) is 0. The summed E-state index contributed by atoms with van der Waals surface area (Å²) in [5.41, 5.74) is 5.42. The second-order valence-corrected chi connectivity index (χ2v) is 5.03. The third kappa shape index (κ3) is 2.43. The Morgan fingerprint density at radius 1 is 1.00 bits per heavy atom. The Morgan fingerprint density at radius 3 is 2.55 bits per heavy atom. The minimum Gasteiger partial charge on any atom is -0.396 e. The molecule has 0 amide bonds. The molecule has 0 unspecified atom stereocenters. The summed E-state index contributed by atoms with van der Waals surface area (Å²) in [6.07, 6.45) is 0.655. The number of hydrogen-bond acceptors (Lipinski definition) is 2. The molecule has 2 heteroatoms. The van der Waals surface area contributed by atoms with Gasteiger partial charge < -0.3 is 5.11 Å². The predicted molar refractivity (Wildman–Crippen MR) is 82.7 cm³/mol. The summed E-state index contributed by atoms with van der Waals surface area (Å²) in [5.74, 6) is 0. The number of aliphatic hydroxyl groups is 1. The van der Waals surface area contributed by atoms with Crippen LogP contribution < -0.4 is 0 Å². The average Bonchev–Trinajstić information content (AvgIpc) is 2.49. The Bertz CT molecular complexity index is 735. The molecule has 1 N–H and O–H groups in total. The van der Waals surface area contributed by atoms with Gasteiger partial charge in [0.2, 0.25) is 0 Å². The Kier molecular flexibility index (Phi) is 3.48. The molecule has 0 bridgehead atoms. The second-order valence-electron chi connectivity index (χ2n) is 5.03. The first kappa shape index (κ1) is 12.8. The van der Waals surface area contributed by atoms with Crippen LogP contribution in [0.1, 0.15) is 11.1 Å². The smallest absolute Gasteiger partial charge is 0.0712 e. The van der Waals surface area contributed by atoms with Crippen molar-refractivity contribution in [3.05, 3.63) is 65.7 Å². The molecule has 0 fully saturated rings. The number of nitrogens with zero attached hydrogens (tertiary/aromatic N) is 1. The molecule has 0 radical (unpaired) electrons. The number of aliphatic hydroxyl groups excluding tert-OH is 1. The van der Waals surface area contributed by atoms with Gasteiger partial charge in [0.1, 0.15) is 0 Å². The van der Waals surface area contributed by atoms with Crippen molar-refractivity contribution in [3.8, 4) is 11.3 Å². The van der Waals surface area contributed by atoms with E-state index in [2.05, 4.69) is 43.3 Å². The van der Waals surface area contributed by atoms with Crippen LogP contribution in [0, 0.1) is 6.92 Å². The number of aryl methyl sites for hydroxylation is 1. The molecule has 100 valence electrons. The van der Waals surface area contributed by atoms with Crippen molar-refractivity contribution in [2.75, 3.05) is 6.61 Å². The number of rotatable bonds is 3. The van der Waals surface area contributed by atoms with Gasteiger partial charge in [0.15, 0.2) is 0 Å². The van der Waals surface area contributed by atoms with Gasteiger partial charge in [-0.1, -0.05) is 42.0 Å². The molecule has 0 atom stereocenters. The summed E-state index contributed by atoms with van der Waals surface area (Å²) < 4.78 is 0. The number of fused-ring (bicyclic) bond motifs is 1. The van der Waals surface area contributed by atoms with E-state index in [4.69, 9.17) is 4.98 Å². The van der Waals surface area contributed by atoms with E-state index in [9.17, 15) is 5.11 Å². The summed E-state index contributed by atoms with van der Waals surface area (Å²) in [6, 6.07) is 18.5. The number of aromatic nitrogens is 1. The number of hydrogen-bond donors (Lipinski definition) is 1. The molecule has 0 aliphatic heterocycles. The van der Waals surface area contributed by atoms with Crippen molar-refractivity contribution < 1.29 is 5.11 Å². The van der Waals surface area contributed by atoms with Crippen molar-refractivity contribution in [1.29, 1.82) is 0 Å². The van der Waals surface area contributed by atoms with Gasteiger partial charge in [-0.05, 0) is 37.1 Å². The average molecular weight is 263 g/mol. The maximum Gasteiger partial charge on any atom is 0.0712 e. The lowest BCUT2D eigenvalue weighted by Crippen LogP contribution is -1.96. The monoisotopic (exact) mass is 263 g/mol. The zero-order valence-electron chi connectivity index (χ0n) is 11.5. The second kappa shape index (κ2) is 5.43. The maximum absolute atomic E-state index is 9.29. The van der Waals surface area contributed by atoms with Gasteiger partial charge in [-0.25, -0.2) is 4.98 Å². The van der Waals surface area contributed by atoms with Crippen LogP contribution in [-0.2, 0) is 6.42 Å². The standard InChI is InChI=1S/C18H17NO/c1-13-7-8-17-16(11-13)15(9-10-20)12-18(19-17)14-5-3-2-4-6-14/h2-8,11-12,20H,9-10H2,1H3. The summed E-state index contributed by atoms with van der Waals surface area (Å²) in [4.78, 5) is 4.75. The minimum absolute atomic E-state index is 0.154. The van der Waals surface area contributed by atoms with Crippen molar-refractivity contribution in [3.63, 3.8) is 0 Å². The van der Waals surface area contributed by atoms with Crippen LogP contribution in [0.5, 0.6) is 0 Å². The maximum atomic E-state index is 9.29. The molecule has 1 aromatic heterocycles. The molecule has 0 saturated heterocycles. The normalized spacial score (nSPS) is 10.9. The molecule has 2 aromatic carbocycles. The van der Waals surface area contributed by atoms with Gasteiger partial charge in [-0.15, -0.1) is 0 Å². The molecule has 0 aliphatic rings. The van der Waals surface area contributed by atoms with Crippen LogP contribution in [-0.4, -0.2) is 16.7 Å². The van der Waals surface area contributed by atoms with Crippen molar-refractivity contribution in [2.45, 2.75) is 13.3 Å². The minimum atomic E-state index is 0.154. The first-order chi connectivity index (χ1) is 9.78. The number of benzene rings is 2. The van der Waals surface area contributed by atoms with Crippen molar-refractivity contribution in [2.24, 2.45) is 0 Å². The van der Waals surface area contributed by atoms with E-state index in [-0.39, 0.29) is 6.61 Å². The van der Waals surface area contributed by atoms with Crippen LogP contribution >= 0.6 is 0 Å². The van der Waals surface area contributed by atoms with Gasteiger partial charge in [0.25, 0.3) is 0 Å². The largest absolute Gasteiger partial charge is 0.396 e. The summed E-state index contributed by atoms with van der Waals surface area (Å²) in [6.45, 7) is 2.23. The molecule has 0 aliphatic carbocycles. The third-order valence-corrected chi connectivity index (χ3v) is 3.50. The predicted octanol–water partition coefficient (Wildman–Crippen LogP) is 3.75. The highest BCUT2D eigenvalue weighted by atomic mass is 16.2. The zero-order chi connectivity index (χ0) is 13.9.